The lowest BCUT2D eigenvalue weighted by atomic mass is 9.89. The van der Waals surface area contributed by atoms with Gasteiger partial charge in [-0.1, -0.05) is 36.8 Å². The van der Waals surface area contributed by atoms with Gasteiger partial charge in [-0.15, -0.1) is 0 Å². The summed E-state index contributed by atoms with van der Waals surface area (Å²) in [5.41, 5.74) is 1.18. The van der Waals surface area contributed by atoms with E-state index < -0.39 is 5.97 Å². The van der Waals surface area contributed by atoms with Crippen LogP contribution in [-0.2, 0) is 4.79 Å². The highest BCUT2D eigenvalue weighted by atomic mass is 16.4. The van der Waals surface area contributed by atoms with Crippen LogP contribution in [0.2, 0.25) is 0 Å². The first-order chi connectivity index (χ1) is 6.79. The van der Waals surface area contributed by atoms with Crippen LogP contribution in [0.5, 0.6) is 0 Å². The van der Waals surface area contributed by atoms with Gasteiger partial charge >= 0.3 is 5.97 Å². The van der Waals surface area contributed by atoms with E-state index >= 15 is 0 Å². The zero-order chi connectivity index (χ0) is 9.97. The molecule has 14 heavy (non-hydrogen) atoms. The molecule has 0 heterocycles. The number of rotatable bonds is 2. The Morgan fingerprint density at radius 3 is 2.57 bits per heavy atom. The molecule has 0 aliphatic heterocycles. The van der Waals surface area contributed by atoms with E-state index in [1.54, 1.807) is 0 Å². The third-order valence-electron chi connectivity index (χ3n) is 3.06. The van der Waals surface area contributed by atoms with Crippen LogP contribution in [0.1, 0.15) is 30.7 Å². The molecule has 0 radical (unpaired) electrons. The largest absolute Gasteiger partial charge is 0.481 e. The van der Waals surface area contributed by atoms with Crippen molar-refractivity contribution in [2.75, 3.05) is 0 Å². The SMILES string of the molecule is O=C(O)[C@H]1CCC[C@@H]1c1ccccc1. The lowest BCUT2D eigenvalue weighted by Gasteiger charge is -2.15. The maximum atomic E-state index is 11.0. The Morgan fingerprint density at radius 2 is 1.93 bits per heavy atom. The topological polar surface area (TPSA) is 37.3 Å². The van der Waals surface area contributed by atoms with Crippen LogP contribution in [0, 0.1) is 5.92 Å². The quantitative estimate of drug-likeness (QED) is 0.778. The fourth-order valence-corrected chi connectivity index (χ4v) is 2.35. The zero-order valence-corrected chi connectivity index (χ0v) is 8.02. The monoisotopic (exact) mass is 190 g/mol. The smallest absolute Gasteiger partial charge is 0.307 e. The molecule has 74 valence electrons. The molecule has 1 saturated carbocycles. The van der Waals surface area contributed by atoms with Crippen molar-refractivity contribution in [3.63, 3.8) is 0 Å². The number of carbonyl (C=O) groups is 1. The number of hydrogen-bond donors (Lipinski definition) is 1. The van der Waals surface area contributed by atoms with Gasteiger partial charge in [-0.05, 0) is 24.3 Å². The van der Waals surface area contributed by atoms with Gasteiger partial charge in [-0.25, -0.2) is 0 Å². The predicted octanol–water partition coefficient (Wildman–Crippen LogP) is 2.65. The molecule has 1 fully saturated rings. The fraction of sp³-hybridized carbons (Fsp3) is 0.417. The molecule has 0 bridgehead atoms. The first kappa shape index (κ1) is 9.25. The van der Waals surface area contributed by atoms with Crippen molar-refractivity contribution in [3.05, 3.63) is 35.9 Å². The Balaban J connectivity index is 2.22. The molecule has 0 saturated heterocycles. The summed E-state index contributed by atoms with van der Waals surface area (Å²) in [6, 6.07) is 9.99. The standard InChI is InChI=1S/C12H14O2/c13-12(14)11-8-4-7-10(11)9-5-2-1-3-6-9/h1-3,5-6,10-11H,4,7-8H2,(H,13,14)/t10-,11+/m1/s1. The molecule has 2 rings (SSSR count). The molecule has 1 aliphatic rings. The average molecular weight is 190 g/mol. The van der Waals surface area contributed by atoms with Gasteiger partial charge in [0.05, 0.1) is 5.92 Å². The normalized spacial score (nSPS) is 26.3. The fourth-order valence-electron chi connectivity index (χ4n) is 2.35. The van der Waals surface area contributed by atoms with Gasteiger partial charge in [-0.2, -0.15) is 0 Å². The summed E-state index contributed by atoms with van der Waals surface area (Å²) in [6.07, 6.45) is 2.88. The summed E-state index contributed by atoms with van der Waals surface area (Å²) in [5.74, 6) is -0.581. The summed E-state index contributed by atoms with van der Waals surface area (Å²) >= 11 is 0. The van der Waals surface area contributed by atoms with Crippen LogP contribution in [0.4, 0.5) is 0 Å². The second-order valence-electron chi connectivity index (χ2n) is 3.89. The van der Waals surface area contributed by atoms with Gasteiger partial charge in [0.1, 0.15) is 0 Å². The van der Waals surface area contributed by atoms with Crippen molar-refractivity contribution < 1.29 is 9.90 Å². The first-order valence-corrected chi connectivity index (χ1v) is 5.07. The number of carboxylic acids is 1. The minimum absolute atomic E-state index is 0.169. The van der Waals surface area contributed by atoms with Crippen LogP contribution >= 0.6 is 0 Å². The summed E-state index contributed by atoms with van der Waals surface area (Å²) in [7, 11) is 0. The summed E-state index contributed by atoms with van der Waals surface area (Å²) in [6.45, 7) is 0. The van der Waals surface area contributed by atoms with Crippen molar-refractivity contribution in [1.82, 2.24) is 0 Å². The van der Waals surface area contributed by atoms with Crippen LogP contribution in [0.25, 0.3) is 0 Å². The lowest BCUT2D eigenvalue weighted by Crippen LogP contribution is -2.16. The van der Waals surface area contributed by atoms with Gasteiger partial charge in [-0.3, -0.25) is 4.79 Å². The van der Waals surface area contributed by atoms with Crippen molar-refractivity contribution in [2.24, 2.45) is 5.92 Å². The molecule has 0 amide bonds. The van der Waals surface area contributed by atoms with E-state index in [9.17, 15) is 4.79 Å². The Labute approximate surface area is 83.6 Å². The molecule has 2 atom stereocenters. The Kier molecular flexibility index (Phi) is 2.53. The van der Waals surface area contributed by atoms with Crippen molar-refractivity contribution in [3.8, 4) is 0 Å². The molecule has 0 aromatic heterocycles. The third kappa shape index (κ3) is 1.65. The second kappa shape index (κ2) is 3.82. The molecule has 1 aromatic rings. The molecule has 1 aliphatic carbocycles. The van der Waals surface area contributed by atoms with E-state index in [1.807, 2.05) is 30.3 Å². The maximum Gasteiger partial charge on any atom is 0.307 e. The lowest BCUT2D eigenvalue weighted by molar-refractivity contribution is -0.142. The van der Waals surface area contributed by atoms with Gasteiger partial charge in [0.15, 0.2) is 0 Å². The van der Waals surface area contributed by atoms with E-state index in [2.05, 4.69) is 0 Å². The highest BCUT2D eigenvalue weighted by Gasteiger charge is 2.33. The van der Waals surface area contributed by atoms with E-state index in [4.69, 9.17) is 5.11 Å². The van der Waals surface area contributed by atoms with Crippen molar-refractivity contribution in [1.29, 1.82) is 0 Å². The predicted molar refractivity (Wildman–Crippen MR) is 54.2 cm³/mol. The molecule has 0 spiro atoms. The van der Waals surface area contributed by atoms with Crippen LogP contribution in [0.15, 0.2) is 30.3 Å². The second-order valence-corrected chi connectivity index (χ2v) is 3.89. The van der Waals surface area contributed by atoms with Gasteiger partial charge in [0.2, 0.25) is 0 Å². The summed E-state index contributed by atoms with van der Waals surface area (Å²) in [4.78, 5) is 11.0. The Morgan fingerprint density at radius 1 is 1.21 bits per heavy atom. The molecule has 1 N–H and O–H groups in total. The molecular formula is C12H14O2. The third-order valence-corrected chi connectivity index (χ3v) is 3.06. The van der Waals surface area contributed by atoms with Gasteiger partial charge < -0.3 is 5.11 Å². The zero-order valence-electron chi connectivity index (χ0n) is 8.02. The molecule has 2 nitrogen and oxygen atoms in total. The van der Waals surface area contributed by atoms with Gasteiger partial charge in [0, 0.05) is 0 Å². The Bertz CT molecular complexity index is 318. The number of carboxylic acid groups (broad SMARTS) is 1. The van der Waals surface area contributed by atoms with E-state index in [0.717, 1.165) is 19.3 Å². The number of hydrogen-bond acceptors (Lipinski definition) is 1. The Hall–Kier alpha value is -1.31. The summed E-state index contributed by atoms with van der Waals surface area (Å²) < 4.78 is 0. The molecule has 1 aromatic carbocycles. The van der Waals surface area contributed by atoms with Crippen molar-refractivity contribution in [2.45, 2.75) is 25.2 Å². The molecule has 0 unspecified atom stereocenters. The average Bonchev–Trinajstić information content (AvgIpc) is 2.67. The first-order valence-electron chi connectivity index (χ1n) is 5.07. The highest BCUT2D eigenvalue weighted by molar-refractivity contribution is 5.71. The van der Waals surface area contributed by atoms with Crippen LogP contribution in [0.3, 0.4) is 0 Å². The van der Waals surface area contributed by atoms with E-state index in [-0.39, 0.29) is 11.8 Å². The molecular weight excluding hydrogens is 176 g/mol. The number of aliphatic carboxylic acids is 1. The summed E-state index contributed by atoms with van der Waals surface area (Å²) in [5, 5.41) is 9.04. The molecule has 2 heteroatoms. The maximum absolute atomic E-state index is 11.0. The van der Waals surface area contributed by atoms with E-state index in [1.165, 1.54) is 5.56 Å². The minimum atomic E-state index is -0.642. The van der Waals surface area contributed by atoms with Gasteiger partial charge in [0.25, 0.3) is 0 Å². The van der Waals surface area contributed by atoms with Crippen LogP contribution < -0.4 is 0 Å². The van der Waals surface area contributed by atoms with E-state index in [0.29, 0.717) is 0 Å². The highest BCUT2D eigenvalue weighted by Crippen LogP contribution is 2.39. The minimum Gasteiger partial charge on any atom is -0.481 e. The van der Waals surface area contributed by atoms with Crippen molar-refractivity contribution >= 4 is 5.97 Å². The number of benzene rings is 1. The van der Waals surface area contributed by atoms with Crippen LogP contribution in [-0.4, -0.2) is 11.1 Å².